The maximum Gasteiger partial charge on any atom is 0.0490 e. The fourth-order valence-corrected chi connectivity index (χ4v) is 1.88. The number of hydrogen-bond donors (Lipinski definition) is 2. The number of benzene rings is 1. The molecule has 1 aromatic carbocycles. The normalized spacial score (nSPS) is 12.6. The summed E-state index contributed by atoms with van der Waals surface area (Å²) in [5.74, 6) is 0. The van der Waals surface area contributed by atoms with Crippen LogP contribution in [0.3, 0.4) is 0 Å². The number of H-pyrrole nitrogens is 1. The number of nitrogens with zero attached hydrogens (tertiary/aromatic N) is 1. The molecule has 1 aromatic heterocycles. The van der Waals surface area contributed by atoms with Crippen molar-refractivity contribution in [2.45, 2.75) is 19.5 Å². The van der Waals surface area contributed by atoms with Gasteiger partial charge in [-0.25, -0.2) is 0 Å². The molecule has 0 unspecified atom stereocenters. The first-order valence-electron chi connectivity index (χ1n) is 5.23. The highest BCUT2D eigenvalue weighted by Crippen LogP contribution is 2.22. The van der Waals surface area contributed by atoms with Gasteiger partial charge in [-0.1, -0.05) is 29.8 Å². The maximum absolute atomic E-state index is 6.12. The Morgan fingerprint density at radius 2 is 2.19 bits per heavy atom. The summed E-state index contributed by atoms with van der Waals surface area (Å²) in [6.07, 6.45) is 1.75. The van der Waals surface area contributed by atoms with Gasteiger partial charge < -0.3 is 5.32 Å². The van der Waals surface area contributed by atoms with E-state index in [-0.39, 0.29) is 6.04 Å². The van der Waals surface area contributed by atoms with Crippen LogP contribution in [0.15, 0.2) is 36.5 Å². The summed E-state index contributed by atoms with van der Waals surface area (Å²) in [6.45, 7) is 2.85. The monoisotopic (exact) mass is 235 g/mol. The first-order valence-corrected chi connectivity index (χ1v) is 5.61. The molecule has 2 N–H and O–H groups in total. The second-order valence-electron chi connectivity index (χ2n) is 3.71. The van der Waals surface area contributed by atoms with E-state index in [1.165, 1.54) is 0 Å². The van der Waals surface area contributed by atoms with Crippen molar-refractivity contribution in [3.05, 3.63) is 52.8 Å². The van der Waals surface area contributed by atoms with Crippen molar-refractivity contribution in [3.63, 3.8) is 0 Å². The first kappa shape index (κ1) is 11.2. The summed E-state index contributed by atoms with van der Waals surface area (Å²) in [5, 5.41) is 11.0. The second kappa shape index (κ2) is 5.14. The molecule has 0 amide bonds. The molecule has 0 saturated carbocycles. The summed E-state index contributed by atoms with van der Waals surface area (Å²) in [6, 6.07) is 10.0. The van der Waals surface area contributed by atoms with Crippen LogP contribution in [0, 0.1) is 0 Å². The zero-order valence-electron chi connectivity index (χ0n) is 9.07. The summed E-state index contributed by atoms with van der Waals surface area (Å²) >= 11 is 6.12. The van der Waals surface area contributed by atoms with Crippen molar-refractivity contribution in [2.24, 2.45) is 0 Å². The lowest BCUT2D eigenvalue weighted by molar-refractivity contribution is 0.567. The van der Waals surface area contributed by atoms with Gasteiger partial charge in [0.1, 0.15) is 0 Å². The van der Waals surface area contributed by atoms with Gasteiger partial charge >= 0.3 is 0 Å². The van der Waals surface area contributed by atoms with E-state index < -0.39 is 0 Å². The van der Waals surface area contributed by atoms with Crippen LogP contribution in [0.1, 0.15) is 24.2 Å². The third kappa shape index (κ3) is 2.62. The van der Waals surface area contributed by atoms with Gasteiger partial charge in [0.25, 0.3) is 0 Å². The highest BCUT2D eigenvalue weighted by atomic mass is 35.5. The molecule has 4 heteroatoms. The predicted molar refractivity (Wildman–Crippen MR) is 65.3 cm³/mol. The molecule has 0 aliphatic carbocycles. The van der Waals surface area contributed by atoms with Gasteiger partial charge in [-0.05, 0) is 24.6 Å². The van der Waals surface area contributed by atoms with Gasteiger partial charge in [-0.3, -0.25) is 5.10 Å². The minimum Gasteiger partial charge on any atom is -0.305 e. The maximum atomic E-state index is 6.12. The molecule has 0 fully saturated rings. The molecular weight excluding hydrogens is 222 g/mol. The van der Waals surface area contributed by atoms with E-state index in [2.05, 4.69) is 22.4 Å². The van der Waals surface area contributed by atoms with E-state index in [1.807, 2.05) is 30.3 Å². The Bertz CT molecular complexity index is 439. The largest absolute Gasteiger partial charge is 0.305 e. The molecule has 0 spiro atoms. The van der Waals surface area contributed by atoms with Crippen LogP contribution in [0.4, 0.5) is 0 Å². The lowest BCUT2D eigenvalue weighted by Gasteiger charge is -2.14. The first-order chi connectivity index (χ1) is 7.77. The highest BCUT2D eigenvalue weighted by molar-refractivity contribution is 6.31. The Kier molecular flexibility index (Phi) is 3.59. The zero-order valence-corrected chi connectivity index (χ0v) is 9.83. The van der Waals surface area contributed by atoms with Crippen molar-refractivity contribution in [3.8, 4) is 0 Å². The zero-order chi connectivity index (χ0) is 11.4. The number of hydrogen-bond acceptors (Lipinski definition) is 2. The molecular formula is C12H14ClN3. The van der Waals surface area contributed by atoms with Gasteiger partial charge in [-0.2, -0.15) is 5.10 Å². The van der Waals surface area contributed by atoms with E-state index in [9.17, 15) is 0 Å². The minimum absolute atomic E-state index is 0.219. The van der Waals surface area contributed by atoms with E-state index in [1.54, 1.807) is 6.20 Å². The number of rotatable bonds is 4. The molecule has 3 nitrogen and oxygen atoms in total. The van der Waals surface area contributed by atoms with E-state index >= 15 is 0 Å². The van der Waals surface area contributed by atoms with E-state index in [0.717, 1.165) is 22.8 Å². The highest BCUT2D eigenvalue weighted by Gasteiger charge is 2.08. The molecule has 0 aliphatic rings. The summed E-state index contributed by atoms with van der Waals surface area (Å²) in [7, 11) is 0. The molecule has 0 aliphatic heterocycles. The average Bonchev–Trinajstić information content (AvgIpc) is 2.79. The third-order valence-corrected chi connectivity index (χ3v) is 2.87. The number of aromatic nitrogens is 2. The minimum atomic E-state index is 0.219. The van der Waals surface area contributed by atoms with Crippen molar-refractivity contribution in [1.82, 2.24) is 15.5 Å². The molecule has 16 heavy (non-hydrogen) atoms. The van der Waals surface area contributed by atoms with Crippen molar-refractivity contribution < 1.29 is 0 Å². The fraction of sp³-hybridized carbons (Fsp3) is 0.250. The SMILES string of the molecule is C[C@@H](NCc1ccn[nH]1)c1ccccc1Cl. The molecule has 0 saturated heterocycles. The standard InChI is InChI=1S/C12H14ClN3/c1-9(11-4-2-3-5-12(11)13)14-8-10-6-7-15-16-10/h2-7,9,14H,8H2,1H3,(H,15,16)/t9-/m1/s1. The van der Waals surface area contributed by atoms with Crippen LogP contribution in [0.25, 0.3) is 0 Å². The second-order valence-corrected chi connectivity index (χ2v) is 4.11. The van der Waals surface area contributed by atoms with E-state index in [4.69, 9.17) is 11.6 Å². The van der Waals surface area contributed by atoms with Crippen molar-refractivity contribution >= 4 is 11.6 Å². The molecule has 0 bridgehead atoms. The van der Waals surface area contributed by atoms with Crippen LogP contribution in [0.5, 0.6) is 0 Å². The molecule has 84 valence electrons. The molecule has 1 atom stereocenters. The smallest absolute Gasteiger partial charge is 0.0490 e. The van der Waals surface area contributed by atoms with Crippen LogP contribution >= 0.6 is 11.6 Å². The lowest BCUT2D eigenvalue weighted by atomic mass is 10.1. The Morgan fingerprint density at radius 1 is 1.38 bits per heavy atom. The predicted octanol–water partition coefficient (Wildman–Crippen LogP) is 2.91. The number of halogens is 1. The molecule has 2 aromatic rings. The van der Waals surface area contributed by atoms with Gasteiger partial charge in [0, 0.05) is 29.5 Å². The molecule has 0 radical (unpaired) electrons. The van der Waals surface area contributed by atoms with Gasteiger partial charge in [0.05, 0.1) is 0 Å². The van der Waals surface area contributed by atoms with Crippen LogP contribution < -0.4 is 5.32 Å². The average molecular weight is 236 g/mol. The molecule has 1 heterocycles. The van der Waals surface area contributed by atoms with Gasteiger partial charge in [0.15, 0.2) is 0 Å². The lowest BCUT2D eigenvalue weighted by Crippen LogP contribution is -2.18. The van der Waals surface area contributed by atoms with Gasteiger partial charge in [-0.15, -0.1) is 0 Å². The number of nitrogens with one attached hydrogen (secondary N) is 2. The Morgan fingerprint density at radius 3 is 2.88 bits per heavy atom. The fourth-order valence-electron chi connectivity index (χ4n) is 1.58. The van der Waals surface area contributed by atoms with E-state index in [0.29, 0.717) is 0 Å². The van der Waals surface area contributed by atoms with Crippen molar-refractivity contribution in [2.75, 3.05) is 0 Å². The van der Waals surface area contributed by atoms with Crippen LogP contribution in [-0.4, -0.2) is 10.2 Å². The Labute approximate surface area is 99.8 Å². The summed E-state index contributed by atoms with van der Waals surface area (Å²) < 4.78 is 0. The van der Waals surface area contributed by atoms with Gasteiger partial charge in [0.2, 0.25) is 0 Å². The van der Waals surface area contributed by atoms with Crippen LogP contribution in [0.2, 0.25) is 5.02 Å². The molecule has 2 rings (SSSR count). The summed E-state index contributed by atoms with van der Waals surface area (Å²) in [4.78, 5) is 0. The van der Waals surface area contributed by atoms with Crippen LogP contribution in [-0.2, 0) is 6.54 Å². The number of aromatic amines is 1. The third-order valence-electron chi connectivity index (χ3n) is 2.53. The van der Waals surface area contributed by atoms with Crippen molar-refractivity contribution in [1.29, 1.82) is 0 Å². The summed E-state index contributed by atoms with van der Waals surface area (Å²) in [5.41, 5.74) is 2.18. The Balaban J connectivity index is 1.98. The quantitative estimate of drug-likeness (QED) is 0.856. The Hall–Kier alpha value is -1.32. The topological polar surface area (TPSA) is 40.7 Å².